The van der Waals surface area contributed by atoms with Gasteiger partial charge < -0.3 is 9.64 Å². The minimum atomic E-state index is -2.84. The number of ether oxygens (including phenoxy) is 1. The molecule has 134 valence electrons. The van der Waals surface area contributed by atoms with Gasteiger partial charge in [-0.25, -0.2) is 4.98 Å². The zero-order valence-electron chi connectivity index (χ0n) is 14.0. The fraction of sp³-hybridized carbons (Fsp3) is 0.444. The van der Waals surface area contributed by atoms with Crippen molar-refractivity contribution in [2.75, 3.05) is 13.1 Å². The summed E-state index contributed by atoms with van der Waals surface area (Å²) in [5, 5.41) is 1.17. The SMILES string of the molecule is Cc1cnc(C2CCN(C(=O)Cc3ccc(OC(F)F)cc3)CC2)s1. The molecule has 2 aromatic rings. The lowest BCUT2D eigenvalue weighted by Gasteiger charge is -2.31. The summed E-state index contributed by atoms with van der Waals surface area (Å²) < 4.78 is 28.6. The molecule has 2 heterocycles. The van der Waals surface area contributed by atoms with Crippen LogP contribution in [0.15, 0.2) is 30.5 Å². The van der Waals surface area contributed by atoms with Crippen molar-refractivity contribution in [3.05, 3.63) is 45.9 Å². The van der Waals surface area contributed by atoms with Crippen molar-refractivity contribution < 1.29 is 18.3 Å². The smallest absolute Gasteiger partial charge is 0.387 e. The zero-order valence-corrected chi connectivity index (χ0v) is 14.8. The van der Waals surface area contributed by atoms with Crippen LogP contribution in [0.3, 0.4) is 0 Å². The summed E-state index contributed by atoms with van der Waals surface area (Å²) in [4.78, 5) is 20.0. The van der Waals surface area contributed by atoms with Crippen LogP contribution in [0, 0.1) is 6.92 Å². The van der Waals surface area contributed by atoms with Gasteiger partial charge in [0.25, 0.3) is 0 Å². The van der Waals surface area contributed by atoms with Crippen molar-refractivity contribution in [3.63, 3.8) is 0 Å². The third kappa shape index (κ3) is 4.75. The second kappa shape index (κ2) is 7.91. The van der Waals surface area contributed by atoms with Crippen molar-refractivity contribution in [2.24, 2.45) is 0 Å². The first-order valence-corrected chi connectivity index (χ1v) is 9.07. The van der Waals surface area contributed by atoms with Gasteiger partial charge in [-0.15, -0.1) is 11.3 Å². The van der Waals surface area contributed by atoms with Gasteiger partial charge in [-0.3, -0.25) is 4.79 Å². The quantitative estimate of drug-likeness (QED) is 0.803. The lowest BCUT2D eigenvalue weighted by molar-refractivity contribution is -0.131. The van der Waals surface area contributed by atoms with E-state index in [2.05, 4.69) is 16.6 Å². The number of aryl methyl sites for hydroxylation is 1. The Morgan fingerprint density at radius 3 is 2.56 bits per heavy atom. The third-order valence-electron chi connectivity index (χ3n) is 4.34. The van der Waals surface area contributed by atoms with Gasteiger partial charge in [-0.2, -0.15) is 8.78 Å². The molecule has 1 saturated heterocycles. The van der Waals surface area contributed by atoms with Gasteiger partial charge >= 0.3 is 6.61 Å². The molecule has 1 amide bonds. The van der Waals surface area contributed by atoms with Crippen LogP contribution in [0.25, 0.3) is 0 Å². The van der Waals surface area contributed by atoms with Crippen LogP contribution in [0.4, 0.5) is 8.78 Å². The summed E-state index contributed by atoms with van der Waals surface area (Å²) in [6, 6.07) is 6.24. The van der Waals surface area contributed by atoms with E-state index in [1.54, 1.807) is 23.5 Å². The van der Waals surface area contributed by atoms with Gasteiger partial charge in [0.1, 0.15) is 5.75 Å². The fourth-order valence-electron chi connectivity index (χ4n) is 3.01. The van der Waals surface area contributed by atoms with Crippen LogP contribution in [-0.4, -0.2) is 35.5 Å². The zero-order chi connectivity index (χ0) is 17.8. The summed E-state index contributed by atoms with van der Waals surface area (Å²) in [7, 11) is 0. The Bertz CT molecular complexity index is 710. The topological polar surface area (TPSA) is 42.4 Å². The van der Waals surface area contributed by atoms with Crippen LogP contribution in [0.5, 0.6) is 5.75 Å². The van der Waals surface area contributed by atoms with E-state index in [1.165, 1.54) is 22.0 Å². The molecule has 0 aliphatic carbocycles. The molecule has 0 saturated carbocycles. The monoisotopic (exact) mass is 366 g/mol. The number of hydrogen-bond donors (Lipinski definition) is 0. The molecule has 1 aromatic heterocycles. The highest BCUT2D eigenvalue weighted by atomic mass is 32.1. The summed E-state index contributed by atoms with van der Waals surface area (Å²) >= 11 is 1.73. The van der Waals surface area contributed by atoms with Crippen LogP contribution < -0.4 is 4.74 Å². The maximum atomic E-state index is 12.4. The second-order valence-electron chi connectivity index (χ2n) is 6.16. The Morgan fingerprint density at radius 2 is 2.00 bits per heavy atom. The Kier molecular flexibility index (Phi) is 5.63. The molecule has 0 atom stereocenters. The summed E-state index contributed by atoms with van der Waals surface area (Å²) in [6.45, 7) is 0.677. The molecule has 7 heteroatoms. The molecule has 1 aliphatic rings. The minimum absolute atomic E-state index is 0.0660. The molecule has 0 radical (unpaired) electrons. The normalized spacial score (nSPS) is 15.6. The van der Waals surface area contributed by atoms with Crippen molar-refractivity contribution in [2.45, 2.75) is 38.7 Å². The number of hydrogen-bond acceptors (Lipinski definition) is 4. The first kappa shape index (κ1) is 17.8. The number of carbonyl (C=O) groups is 1. The molecule has 0 N–H and O–H groups in total. The maximum absolute atomic E-state index is 12.4. The molecule has 0 bridgehead atoms. The predicted molar refractivity (Wildman–Crippen MR) is 92.2 cm³/mol. The molecular weight excluding hydrogens is 346 g/mol. The number of halogens is 2. The largest absolute Gasteiger partial charge is 0.435 e. The fourth-order valence-corrected chi connectivity index (χ4v) is 3.95. The first-order chi connectivity index (χ1) is 12.0. The van der Waals surface area contributed by atoms with Crippen molar-refractivity contribution in [3.8, 4) is 5.75 Å². The van der Waals surface area contributed by atoms with Crippen molar-refractivity contribution >= 4 is 17.2 Å². The molecule has 4 nitrogen and oxygen atoms in total. The molecule has 1 aromatic carbocycles. The summed E-state index contributed by atoms with van der Waals surface area (Å²) in [6.07, 6.45) is 4.04. The third-order valence-corrected chi connectivity index (χ3v) is 5.42. The average molecular weight is 366 g/mol. The Labute approximate surface area is 149 Å². The van der Waals surface area contributed by atoms with Crippen molar-refractivity contribution in [1.29, 1.82) is 0 Å². The van der Waals surface area contributed by atoms with Crippen LogP contribution in [0.2, 0.25) is 0 Å². The van der Waals surface area contributed by atoms with Crippen LogP contribution in [0.1, 0.15) is 34.2 Å². The first-order valence-electron chi connectivity index (χ1n) is 8.25. The molecule has 0 spiro atoms. The van der Waals surface area contributed by atoms with Gasteiger partial charge in [0.15, 0.2) is 0 Å². The predicted octanol–water partition coefficient (Wildman–Crippen LogP) is 4.00. The van der Waals surface area contributed by atoms with E-state index in [-0.39, 0.29) is 18.1 Å². The number of carbonyl (C=O) groups excluding carboxylic acids is 1. The van der Waals surface area contributed by atoms with Gasteiger partial charge in [0, 0.05) is 30.1 Å². The van der Waals surface area contributed by atoms with E-state index in [0.29, 0.717) is 5.92 Å². The van der Waals surface area contributed by atoms with Gasteiger partial charge in [-0.1, -0.05) is 12.1 Å². The molecular formula is C18H20F2N2O2S. The minimum Gasteiger partial charge on any atom is -0.435 e. The Hall–Kier alpha value is -2.02. The lowest BCUT2D eigenvalue weighted by atomic mass is 9.97. The van der Waals surface area contributed by atoms with Crippen molar-refractivity contribution in [1.82, 2.24) is 9.88 Å². The van der Waals surface area contributed by atoms with Crippen LogP contribution in [-0.2, 0) is 11.2 Å². The number of likely N-dealkylation sites (tertiary alicyclic amines) is 1. The van der Waals surface area contributed by atoms with Crippen LogP contribution >= 0.6 is 11.3 Å². The van der Waals surface area contributed by atoms with E-state index in [9.17, 15) is 13.6 Å². The molecule has 1 aliphatic heterocycles. The number of amides is 1. The molecule has 3 rings (SSSR count). The van der Waals surface area contributed by atoms with E-state index in [4.69, 9.17) is 0 Å². The highest BCUT2D eigenvalue weighted by Gasteiger charge is 2.25. The van der Waals surface area contributed by atoms with E-state index < -0.39 is 6.61 Å². The average Bonchev–Trinajstić information content (AvgIpc) is 3.03. The number of nitrogens with zero attached hydrogens (tertiary/aromatic N) is 2. The second-order valence-corrected chi connectivity index (χ2v) is 7.43. The molecule has 1 fully saturated rings. The van der Waals surface area contributed by atoms with Gasteiger partial charge in [0.2, 0.25) is 5.91 Å². The maximum Gasteiger partial charge on any atom is 0.387 e. The molecule has 25 heavy (non-hydrogen) atoms. The summed E-state index contributed by atoms with van der Waals surface area (Å²) in [5.74, 6) is 0.607. The highest BCUT2D eigenvalue weighted by molar-refractivity contribution is 7.11. The van der Waals surface area contributed by atoms with E-state index in [0.717, 1.165) is 31.5 Å². The Balaban J connectivity index is 1.51. The number of rotatable bonds is 5. The number of benzene rings is 1. The Morgan fingerprint density at radius 1 is 1.32 bits per heavy atom. The molecule has 0 unspecified atom stereocenters. The lowest BCUT2D eigenvalue weighted by Crippen LogP contribution is -2.38. The number of thiazole rings is 1. The number of piperidine rings is 1. The van der Waals surface area contributed by atoms with E-state index >= 15 is 0 Å². The standard InChI is InChI=1S/C18H20F2N2O2S/c1-12-11-21-17(25-12)14-6-8-22(9-7-14)16(23)10-13-2-4-15(5-3-13)24-18(19)20/h2-5,11,14,18H,6-10H2,1H3. The van der Waals surface area contributed by atoms with Gasteiger partial charge in [0.05, 0.1) is 11.4 Å². The highest BCUT2D eigenvalue weighted by Crippen LogP contribution is 2.31. The number of aromatic nitrogens is 1. The summed E-state index contributed by atoms with van der Waals surface area (Å²) in [5.41, 5.74) is 0.796. The van der Waals surface area contributed by atoms with Gasteiger partial charge in [-0.05, 0) is 37.5 Å². The van der Waals surface area contributed by atoms with E-state index in [1.807, 2.05) is 11.1 Å². The number of alkyl halides is 2.